The normalized spacial score (nSPS) is 19.6. The van der Waals surface area contributed by atoms with E-state index in [1.807, 2.05) is 31.2 Å². The Hall–Kier alpha value is -1.14. The van der Waals surface area contributed by atoms with E-state index in [1.165, 1.54) is 0 Å². The summed E-state index contributed by atoms with van der Waals surface area (Å²) < 4.78 is 16.7. The smallest absolute Gasteiger partial charge is 0.118 e. The molecule has 1 aliphatic heterocycles. The minimum atomic E-state index is -0.309. The molecular weight excluding hydrogens is 256 g/mol. The summed E-state index contributed by atoms with van der Waals surface area (Å²) in [6.07, 6.45) is 1.67. The largest absolute Gasteiger partial charge is 0.497 e. The number of benzene rings is 1. The number of hydrazine groups is 1. The van der Waals surface area contributed by atoms with E-state index in [4.69, 9.17) is 20.1 Å². The zero-order valence-electron chi connectivity index (χ0n) is 12.2. The van der Waals surface area contributed by atoms with E-state index in [2.05, 4.69) is 5.43 Å². The molecule has 0 aromatic heterocycles. The van der Waals surface area contributed by atoms with Gasteiger partial charge in [-0.2, -0.15) is 0 Å². The fourth-order valence-electron chi connectivity index (χ4n) is 2.87. The van der Waals surface area contributed by atoms with Gasteiger partial charge in [0.05, 0.1) is 18.8 Å². The second kappa shape index (κ2) is 7.04. The molecule has 0 aliphatic carbocycles. The Bertz CT molecular complexity index is 397. The van der Waals surface area contributed by atoms with Crippen LogP contribution < -0.4 is 16.0 Å². The Balaban J connectivity index is 2.26. The summed E-state index contributed by atoms with van der Waals surface area (Å²) in [5.74, 6) is 6.65. The maximum absolute atomic E-state index is 6.08. The first-order valence-electron chi connectivity index (χ1n) is 7.07. The maximum atomic E-state index is 6.08. The zero-order valence-corrected chi connectivity index (χ0v) is 12.2. The van der Waals surface area contributed by atoms with Crippen molar-refractivity contribution < 1.29 is 14.2 Å². The van der Waals surface area contributed by atoms with E-state index in [1.54, 1.807) is 7.11 Å². The average molecular weight is 280 g/mol. The molecule has 0 saturated carbocycles. The topological polar surface area (TPSA) is 65.7 Å². The van der Waals surface area contributed by atoms with Gasteiger partial charge in [0.25, 0.3) is 0 Å². The molecule has 20 heavy (non-hydrogen) atoms. The lowest BCUT2D eigenvalue weighted by Crippen LogP contribution is -2.51. The Kier molecular flexibility index (Phi) is 5.37. The van der Waals surface area contributed by atoms with Crippen molar-refractivity contribution in [3.05, 3.63) is 29.8 Å². The van der Waals surface area contributed by atoms with Gasteiger partial charge in [-0.05, 0) is 24.6 Å². The van der Waals surface area contributed by atoms with Gasteiger partial charge in [-0.3, -0.25) is 11.3 Å². The number of hydrogen-bond donors (Lipinski definition) is 2. The van der Waals surface area contributed by atoms with Crippen molar-refractivity contribution >= 4 is 0 Å². The monoisotopic (exact) mass is 280 g/mol. The molecule has 1 atom stereocenters. The van der Waals surface area contributed by atoms with Gasteiger partial charge >= 0.3 is 0 Å². The molecule has 1 aliphatic rings. The number of nitrogens with two attached hydrogens (primary N) is 1. The Morgan fingerprint density at radius 3 is 2.45 bits per heavy atom. The van der Waals surface area contributed by atoms with Crippen LogP contribution in [0.4, 0.5) is 0 Å². The standard InChI is InChI=1S/C15H24N2O3/c1-3-20-15(8-10-19-11-9-15)14(17-16)12-4-6-13(18-2)7-5-12/h4-7,14,17H,3,8-11,16H2,1-2H3. The number of rotatable bonds is 6. The van der Waals surface area contributed by atoms with E-state index >= 15 is 0 Å². The Morgan fingerprint density at radius 2 is 1.95 bits per heavy atom. The molecule has 0 amide bonds. The van der Waals surface area contributed by atoms with Crippen LogP contribution in [0.2, 0.25) is 0 Å². The zero-order chi connectivity index (χ0) is 14.4. The van der Waals surface area contributed by atoms with Crippen molar-refractivity contribution in [2.24, 2.45) is 5.84 Å². The molecule has 1 fully saturated rings. The van der Waals surface area contributed by atoms with Crippen LogP contribution in [0.15, 0.2) is 24.3 Å². The van der Waals surface area contributed by atoms with Gasteiger partial charge in [-0.1, -0.05) is 12.1 Å². The van der Waals surface area contributed by atoms with Crippen LogP contribution in [0.1, 0.15) is 31.4 Å². The van der Waals surface area contributed by atoms with Crippen molar-refractivity contribution in [1.29, 1.82) is 0 Å². The highest BCUT2D eigenvalue weighted by Crippen LogP contribution is 2.37. The van der Waals surface area contributed by atoms with Crippen LogP contribution in [-0.4, -0.2) is 32.5 Å². The SMILES string of the molecule is CCOC1(C(NN)c2ccc(OC)cc2)CCOCC1. The summed E-state index contributed by atoms with van der Waals surface area (Å²) in [4.78, 5) is 0. The molecule has 1 aromatic carbocycles. The van der Waals surface area contributed by atoms with Crippen molar-refractivity contribution in [2.75, 3.05) is 26.9 Å². The quantitative estimate of drug-likeness (QED) is 0.614. The minimum absolute atomic E-state index is 0.0581. The van der Waals surface area contributed by atoms with Gasteiger partial charge in [0.15, 0.2) is 0 Å². The Labute approximate surface area is 120 Å². The second-order valence-corrected chi connectivity index (χ2v) is 4.98. The number of methoxy groups -OCH3 is 1. The van der Waals surface area contributed by atoms with Gasteiger partial charge < -0.3 is 14.2 Å². The average Bonchev–Trinajstić information content (AvgIpc) is 2.50. The van der Waals surface area contributed by atoms with E-state index in [9.17, 15) is 0 Å². The molecule has 1 heterocycles. The van der Waals surface area contributed by atoms with Crippen LogP contribution in [0.25, 0.3) is 0 Å². The molecule has 0 radical (unpaired) electrons. The van der Waals surface area contributed by atoms with Crippen molar-refractivity contribution in [3.63, 3.8) is 0 Å². The molecule has 0 spiro atoms. The molecule has 1 aromatic rings. The van der Waals surface area contributed by atoms with Gasteiger partial charge in [-0.15, -0.1) is 0 Å². The minimum Gasteiger partial charge on any atom is -0.497 e. The highest BCUT2D eigenvalue weighted by Gasteiger charge is 2.41. The lowest BCUT2D eigenvalue weighted by atomic mass is 9.82. The molecule has 1 unspecified atom stereocenters. The van der Waals surface area contributed by atoms with Gasteiger partial charge in [-0.25, -0.2) is 0 Å². The summed E-state index contributed by atoms with van der Waals surface area (Å²) >= 11 is 0. The lowest BCUT2D eigenvalue weighted by molar-refractivity contribution is -0.128. The van der Waals surface area contributed by atoms with E-state index in [-0.39, 0.29) is 11.6 Å². The van der Waals surface area contributed by atoms with Gasteiger partial charge in [0.1, 0.15) is 5.75 Å². The summed E-state index contributed by atoms with van der Waals surface area (Å²) in [6.45, 7) is 4.08. The van der Waals surface area contributed by atoms with Gasteiger partial charge in [0, 0.05) is 32.7 Å². The highest BCUT2D eigenvalue weighted by atomic mass is 16.5. The first kappa shape index (κ1) is 15.3. The summed E-state index contributed by atoms with van der Waals surface area (Å²) in [7, 11) is 1.66. The first-order chi connectivity index (χ1) is 9.75. The maximum Gasteiger partial charge on any atom is 0.118 e. The number of ether oxygens (including phenoxy) is 3. The van der Waals surface area contributed by atoms with Crippen LogP contribution in [0.3, 0.4) is 0 Å². The molecule has 112 valence electrons. The molecule has 5 nitrogen and oxygen atoms in total. The third-order valence-electron chi connectivity index (χ3n) is 3.91. The highest BCUT2D eigenvalue weighted by molar-refractivity contribution is 5.30. The lowest BCUT2D eigenvalue weighted by Gasteiger charge is -2.43. The fourth-order valence-corrected chi connectivity index (χ4v) is 2.87. The number of hydrogen-bond acceptors (Lipinski definition) is 5. The molecule has 0 bridgehead atoms. The first-order valence-corrected chi connectivity index (χ1v) is 7.07. The predicted octanol–water partition coefficient (Wildman–Crippen LogP) is 1.79. The summed E-state index contributed by atoms with van der Waals surface area (Å²) in [5, 5.41) is 0. The number of nitrogens with one attached hydrogen (secondary N) is 1. The summed E-state index contributed by atoms with van der Waals surface area (Å²) in [5.41, 5.74) is 3.72. The van der Waals surface area contributed by atoms with Crippen LogP contribution in [0, 0.1) is 0 Å². The van der Waals surface area contributed by atoms with Crippen LogP contribution in [0.5, 0.6) is 5.75 Å². The Morgan fingerprint density at radius 1 is 1.30 bits per heavy atom. The molecule has 2 rings (SSSR count). The molecular formula is C15H24N2O3. The van der Waals surface area contributed by atoms with Crippen LogP contribution in [-0.2, 0) is 9.47 Å². The third kappa shape index (κ3) is 3.12. The third-order valence-corrected chi connectivity index (χ3v) is 3.91. The van der Waals surface area contributed by atoms with Crippen molar-refractivity contribution in [3.8, 4) is 5.75 Å². The fraction of sp³-hybridized carbons (Fsp3) is 0.600. The van der Waals surface area contributed by atoms with E-state index in [0.717, 1.165) is 24.2 Å². The molecule has 3 N–H and O–H groups in total. The summed E-state index contributed by atoms with van der Waals surface area (Å²) in [6, 6.07) is 7.88. The predicted molar refractivity (Wildman–Crippen MR) is 77.5 cm³/mol. The van der Waals surface area contributed by atoms with Gasteiger partial charge in [0.2, 0.25) is 0 Å². The molecule has 1 saturated heterocycles. The van der Waals surface area contributed by atoms with Crippen molar-refractivity contribution in [1.82, 2.24) is 5.43 Å². The van der Waals surface area contributed by atoms with Crippen molar-refractivity contribution in [2.45, 2.75) is 31.4 Å². The second-order valence-electron chi connectivity index (χ2n) is 4.98. The van der Waals surface area contributed by atoms with Crippen LogP contribution >= 0.6 is 0 Å². The molecule has 5 heteroatoms. The van der Waals surface area contributed by atoms with E-state index in [0.29, 0.717) is 19.8 Å². The van der Waals surface area contributed by atoms with E-state index < -0.39 is 0 Å².